The predicted octanol–water partition coefficient (Wildman–Crippen LogP) is 3.26. The molecule has 0 aromatic carbocycles. The third-order valence-corrected chi connectivity index (χ3v) is 7.62. The lowest BCUT2D eigenvalue weighted by atomic mass is 9.85. The molecule has 13 nitrogen and oxygen atoms in total. The van der Waals surface area contributed by atoms with Crippen LogP contribution in [0.25, 0.3) is 0 Å². The van der Waals surface area contributed by atoms with Gasteiger partial charge in [-0.2, -0.15) is 0 Å². The molecule has 0 amide bonds. The van der Waals surface area contributed by atoms with E-state index in [1.165, 1.54) is 0 Å². The van der Waals surface area contributed by atoms with Crippen LogP contribution in [-0.4, -0.2) is 98.3 Å². The van der Waals surface area contributed by atoms with E-state index in [-0.39, 0.29) is 6.42 Å². The number of rotatable bonds is 22. The van der Waals surface area contributed by atoms with Crippen molar-refractivity contribution >= 4 is 19.8 Å². The normalized spacial score (nSPS) is 25.9. The summed E-state index contributed by atoms with van der Waals surface area (Å²) in [7, 11) is -5.10. The summed E-state index contributed by atoms with van der Waals surface area (Å²) in [5.41, 5.74) is 0. The molecule has 0 bridgehead atoms. The molecular weight excluding hydrogens is 635 g/mol. The van der Waals surface area contributed by atoms with Crippen LogP contribution >= 0.6 is 7.82 Å². The number of allylic oxidation sites excluding steroid dienone is 12. The predicted molar refractivity (Wildman–Crippen MR) is 175 cm³/mol. The number of esters is 2. The molecule has 47 heavy (non-hydrogen) atoms. The Balaban J connectivity index is 2.39. The second kappa shape index (κ2) is 24.4. The minimum atomic E-state index is -5.10. The van der Waals surface area contributed by atoms with Crippen LogP contribution in [-0.2, 0) is 32.7 Å². The Morgan fingerprint density at radius 1 is 0.681 bits per heavy atom. The van der Waals surface area contributed by atoms with Gasteiger partial charge in [0.25, 0.3) is 0 Å². The van der Waals surface area contributed by atoms with E-state index in [0.29, 0.717) is 12.8 Å². The van der Waals surface area contributed by atoms with Crippen molar-refractivity contribution < 1.29 is 63.1 Å². The summed E-state index contributed by atoms with van der Waals surface area (Å²) in [6.07, 6.45) is 17.2. The third kappa shape index (κ3) is 19.0. The summed E-state index contributed by atoms with van der Waals surface area (Å²) in [4.78, 5) is 33.6. The van der Waals surface area contributed by atoms with E-state index in [1.807, 2.05) is 18.2 Å². The van der Waals surface area contributed by atoms with Crippen molar-refractivity contribution in [1.29, 1.82) is 0 Å². The van der Waals surface area contributed by atoms with Crippen molar-refractivity contribution in [3.05, 3.63) is 72.9 Å². The molecule has 0 aliphatic heterocycles. The Bertz CT molecular complexity index is 1110. The standard InChI is InChI=1S/C33H51O13P/c1-3-4-5-6-7-8-9-10-11-12-13-14-15-16-17-18-19-20-21-22-27(35)45-26(23-43-25(2)34)24-44-47(41,42)46-33-31(39)29(37)28(36)30(38)32(33)40/h4-5,7-8,10-11,13-14,16-17,19-20,26,28-33,36-40H,3,6,9,12,15,18,21-24H2,1-2H3,(H,41,42)/b5-4-,8-7-,11-10-,14-13-,17-16-,20-19-. The first kappa shape index (κ1) is 42.3. The highest BCUT2D eigenvalue weighted by Crippen LogP contribution is 2.47. The first-order valence-electron chi connectivity index (χ1n) is 15.7. The molecule has 0 heterocycles. The van der Waals surface area contributed by atoms with Gasteiger partial charge in [-0.3, -0.25) is 18.6 Å². The summed E-state index contributed by atoms with van der Waals surface area (Å²) in [5.74, 6) is -1.40. The Morgan fingerprint density at radius 2 is 1.11 bits per heavy atom. The number of hydrogen-bond donors (Lipinski definition) is 6. The van der Waals surface area contributed by atoms with Crippen molar-refractivity contribution in [2.45, 2.75) is 108 Å². The summed E-state index contributed by atoms with van der Waals surface area (Å²) in [5, 5.41) is 49.2. The quantitative estimate of drug-likeness (QED) is 0.0550. The highest BCUT2D eigenvalue weighted by Gasteiger charge is 2.51. The SMILES string of the molecule is CC/C=C\C/C=C\C/C=C\C/C=C\C/C=C\C/C=C\CCC(=O)OC(COC(C)=O)COP(=O)(O)OC1C(O)C(O)C(O)C(O)C1O. The van der Waals surface area contributed by atoms with Gasteiger partial charge in [-0.1, -0.05) is 79.8 Å². The minimum absolute atomic E-state index is 0.0371. The molecule has 6 N–H and O–H groups in total. The van der Waals surface area contributed by atoms with Gasteiger partial charge in [-0.25, -0.2) is 4.57 Å². The highest BCUT2D eigenvalue weighted by molar-refractivity contribution is 7.47. The van der Waals surface area contributed by atoms with E-state index in [0.717, 1.165) is 39.0 Å². The number of carbonyl (C=O) groups excluding carboxylic acids is 2. The van der Waals surface area contributed by atoms with Crippen LogP contribution in [0.2, 0.25) is 0 Å². The number of aliphatic hydroxyl groups is 5. The fourth-order valence-electron chi connectivity index (χ4n) is 4.10. The van der Waals surface area contributed by atoms with E-state index in [2.05, 4.69) is 55.5 Å². The molecule has 6 unspecified atom stereocenters. The number of carbonyl (C=O) groups is 2. The van der Waals surface area contributed by atoms with Crippen LogP contribution < -0.4 is 0 Å². The molecule has 6 atom stereocenters. The van der Waals surface area contributed by atoms with Gasteiger partial charge in [0.1, 0.15) is 43.2 Å². The monoisotopic (exact) mass is 686 g/mol. The van der Waals surface area contributed by atoms with Crippen molar-refractivity contribution in [2.24, 2.45) is 0 Å². The lowest BCUT2D eigenvalue weighted by Crippen LogP contribution is -2.64. The Morgan fingerprint density at radius 3 is 1.55 bits per heavy atom. The Hall–Kier alpha value is -2.71. The molecule has 1 aliphatic carbocycles. The molecule has 0 spiro atoms. The van der Waals surface area contributed by atoms with Gasteiger partial charge in [0.15, 0.2) is 6.10 Å². The summed E-state index contributed by atoms with van der Waals surface area (Å²) >= 11 is 0. The summed E-state index contributed by atoms with van der Waals surface area (Å²) in [6, 6.07) is 0. The van der Waals surface area contributed by atoms with Gasteiger partial charge in [-0.15, -0.1) is 0 Å². The van der Waals surface area contributed by atoms with Gasteiger partial charge in [0.05, 0.1) is 6.61 Å². The largest absolute Gasteiger partial charge is 0.472 e. The number of aliphatic hydroxyl groups excluding tert-OH is 5. The molecular formula is C33H51O13P. The smallest absolute Gasteiger partial charge is 0.462 e. The van der Waals surface area contributed by atoms with E-state index in [1.54, 1.807) is 6.08 Å². The van der Waals surface area contributed by atoms with Crippen molar-refractivity contribution in [3.63, 3.8) is 0 Å². The minimum Gasteiger partial charge on any atom is -0.462 e. The molecule has 1 aliphatic rings. The zero-order valence-electron chi connectivity index (χ0n) is 27.0. The van der Waals surface area contributed by atoms with Gasteiger partial charge in [0.2, 0.25) is 0 Å². The topological polar surface area (TPSA) is 210 Å². The first-order chi connectivity index (χ1) is 22.4. The lowest BCUT2D eigenvalue weighted by molar-refractivity contribution is -0.220. The average molecular weight is 687 g/mol. The van der Waals surface area contributed by atoms with Crippen LogP contribution in [0.4, 0.5) is 0 Å². The highest BCUT2D eigenvalue weighted by atomic mass is 31.2. The first-order valence-corrected chi connectivity index (χ1v) is 17.2. The molecule has 1 rings (SSSR count). The maximum Gasteiger partial charge on any atom is 0.472 e. The average Bonchev–Trinajstić information content (AvgIpc) is 3.03. The van der Waals surface area contributed by atoms with Crippen LogP contribution in [0.1, 0.15) is 65.2 Å². The molecule has 1 saturated carbocycles. The number of phosphoric ester groups is 1. The molecule has 14 heteroatoms. The van der Waals surface area contributed by atoms with E-state index in [4.69, 9.17) is 18.5 Å². The lowest BCUT2D eigenvalue weighted by Gasteiger charge is -2.41. The van der Waals surface area contributed by atoms with Crippen molar-refractivity contribution in [1.82, 2.24) is 0 Å². The van der Waals surface area contributed by atoms with Crippen molar-refractivity contribution in [2.75, 3.05) is 13.2 Å². The van der Waals surface area contributed by atoms with Crippen molar-refractivity contribution in [3.8, 4) is 0 Å². The molecule has 0 saturated heterocycles. The maximum absolute atomic E-state index is 12.4. The second-order valence-corrected chi connectivity index (χ2v) is 12.1. The zero-order chi connectivity index (χ0) is 35.1. The van der Waals surface area contributed by atoms with Crippen LogP contribution in [0, 0.1) is 0 Å². The number of phosphoric acid groups is 1. The van der Waals surface area contributed by atoms with Gasteiger partial charge in [-0.05, 0) is 44.9 Å². The molecule has 1 fully saturated rings. The number of ether oxygens (including phenoxy) is 2. The van der Waals surface area contributed by atoms with E-state index < -0.39 is 75.7 Å². The van der Waals surface area contributed by atoms with E-state index >= 15 is 0 Å². The molecule has 0 aromatic rings. The number of hydrogen-bond acceptors (Lipinski definition) is 12. The molecule has 266 valence electrons. The summed E-state index contributed by atoms with van der Waals surface area (Å²) in [6.45, 7) is 1.95. The van der Waals surface area contributed by atoms with Gasteiger partial charge in [0, 0.05) is 13.3 Å². The van der Waals surface area contributed by atoms with Crippen LogP contribution in [0.3, 0.4) is 0 Å². The van der Waals surface area contributed by atoms with Gasteiger partial charge >= 0.3 is 19.8 Å². The fraction of sp³-hybridized carbons (Fsp3) is 0.576. The Kier molecular flexibility index (Phi) is 22.0. The van der Waals surface area contributed by atoms with Crippen LogP contribution in [0.5, 0.6) is 0 Å². The van der Waals surface area contributed by atoms with Gasteiger partial charge < -0.3 is 39.9 Å². The maximum atomic E-state index is 12.4. The molecule has 0 radical (unpaired) electrons. The second-order valence-electron chi connectivity index (χ2n) is 10.7. The zero-order valence-corrected chi connectivity index (χ0v) is 27.9. The van der Waals surface area contributed by atoms with E-state index in [9.17, 15) is 44.6 Å². The molecule has 0 aromatic heterocycles. The fourth-order valence-corrected chi connectivity index (χ4v) is 5.07. The third-order valence-electron chi connectivity index (χ3n) is 6.63. The van der Waals surface area contributed by atoms with Crippen LogP contribution in [0.15, 0.2) is 72.9 Å². The summed E-state index contributed by atoms with van der Waals surface area (Å²) < 4.78 is 32.0. The Labute approximate surface area is 276 Å².